The lowest BCUT2D eigenvalue weighted by molar-refractivity contribution is -0.139. The zero-order valence-electron chi connectivity index (χ0n) is 11.1. The van der Waals surface area contributed by atoms with Crippen LogP contribution in [0.2, 0.25) is 0 Å². The van der Waals surface area contributed by atoms with Gasteiger partial charge in [0.15, 0.2) is 0 Å². The molecule has 6 heteroatoms. The van der Waals surface area contributed by atoms with Crippen molar-refractivity contribution in [1.82, 2.24) is 15.5 Å². The first kappa shape index (κ1) is 14.8. The number of nitrogens with zero attached hydrogens (tertiary/aromatic N) is 1. The summed E-state index contributed by atoms with van der Waals surface area (Å²) in [7, 11) is 2.05. The molecule has 1 rings (SSSR count). The quantitative estimate of drug-likeness (QED) is 0.675. The lowest BCUT2D eigenvalue weighted by Gasteiger charge is -2.32. The van der Waals surface area contributed by atoms with E-state index in [1.165, 1.54) is 12.8 Å². The number of nitrogens with one attached hydrogen (secondary N) is 2. The molecule has 0 aromatic heterocycles. The Bertz CT molecular complexity index is 296. The average molecular weight is 257 g/mol. The Hall–Kier alpha value is -1.30. The highest BCUT2D eigenvalue weighted by Crippen LogP contribution is 2.13. The molecule has 6 nitrogen and oxygen atoms in total. The summed E-state index contributed by atoms with van der Waals surface area (Å²) >= 11 is 0. The summed E-state index contributed by atoms with van der Waals surface area (Å²) in [6, 6.07) is -0.855. The van der Waals surface area contributed by atoms with Crippen molar-refractivity contribution in [2.45, 2.75) is 44.7 Å². The predicted molar refractivity (Wildman–Crippen MR) is 68.5 cm³/mol. The molecule has 3 N–H and O–H groups in total. The van der Waals surface area contributed by atoms with Gasteiger partial charge in [-0.1, -0.05) is 13.3 Å². The van der Waals surface area contributed by atoms with Crippen LogP contribution in [0.5, 0.6) is 0 Å². The largest absolute Gasteiger partial charge is 0.480 e. The summed E-state index contributed by atoms with van der Waals surface area (Å²) in [4.78, 5) is 24.6. The minimum Gasteiger partial charge on any atom is -0.480 e. The normalized spacial score (nSPS) is 22.2. The summed E-state index contributed by atoms with van der Waals surface area (Å²) in [5.41, 5.74) is 0. The van der Waals surface area contributed by atoms with Gasteiger partial charge in [-0.15, -0.1) is 0 Å². The zero-order chi connectivity index (χ0) is 13.5. The van der Waals surface area contributed by atoms with Crippen LogP contribution in [0.3, 0.4) is 0 Å². The Morgan fingerprint density at radius 2 is 2.17 bits per heavy atom. The predicted octanol–water partition coefficient (Wildman–Crippen LogP) is 0.633. The van der Waals surface area contributed by atoms with Crippen molar-refractivity contribution in [3.8, 4) is 0 Å². The maximum Gasteiger partial charge on any atom is 0.326 e. The first-order valence-corrected chi connectivity index (χ1v) is 6.52. The van der Waals surface area contributed by atoms with Crippen LogP contribution in [0, 0.1) is 0 Å². The summed E-state index contributed by atoms with van der Waals surface area (Å²) in [5.74, 6) is -0.998. The number of rotatable bonds is 5. The first-order chi connectivity index (χ1) is 8.54. The van der Waals surface area contributed by atoms with Crippen LogP contribution >= 0.6 is 0 Å². The van der Waals surface area contributed by atoms with Crippen molar-refractivity contribution >= 4 is 12.0 Å². The van der Waals surface area contributed by atoms with E-state index in [0.717, 1.165) is 13.0 Å². The van der Waals surface area contributed by atoms with E-state index in [2.05, 4.69) is 22.6 Å². The van der Waals surface area contributed by atoms with Crippen molar-refractivity contribution in [1.29, 1.82) is 0 Å². The summed E-state index contributed by atoms with van der Waals surface area (Å²) < 4.78 is 0. The Labute approximate surface area is 108 Å². The number of hydrogen-bond acceptors (Lipinski definition) is 3. The molecule has 2 amide bonds. The van der Waals surface area contributed by atoms with Crippen molar-refractivity contribution in [3.05, 3.63) is 0 Å². The molecular formula is C12H23N3O3. The summed E-state index contributed by atoms with van der Waals surface area (Å²) in [6.07, 6.45) is 3.85. The number of likely N-dealkylation sites (tertiary alicyclic amines) is 1. The van der Waals surface area contributed by atoms with E-state index in [-0.39, 0.29) is 0 Å². The van der Waals surface area contributed by atoms with E-state index in [0.29, 0.717) is 19.0 Å². The van der Waals surface area contributed by atoms with Crippen LogP contribution in [-0.4, -0.2) is 54.2 Å². The minimum atomic E-state index is -0.998. The molecule has 0 spiro atoms. The first-order valence-electron chi connectivity index (χ1n) is 6.52. The SMILES string of the molecule is CCC(NC(=O)NCC1CCCCN1C)C(=O)O. The van der Waals surface area contributed by atoms with Crippen LogP contribution in [-0.2, 0) is 4.79 Å². The number of urea groups is 1. The van der Waals surface area contributed by atoms with E-state index < -0.39 is 18.0 Å². The van der Waals surface area contributed by atoms with Crippen LogP contribution in [0.1, 0.15) is 32.6 Å². The molecule has 104 valence electrons. The number of piperidine rings is 1. The van der Waals surface area contributed by atoms with Crippen LogP contribution < -0.4 is 10.6 Å². The molecule has 0 saturated carbocycles. The second-order valence-corrected chi connectivity index (χ2v) is 4.78. The lowest BCUT2D eigenvalue weighted by Crippen LogP contribution is -2.50. The molecule has 1 fully saturated rings. The van der Waals surface area contributed by atoms with Gasteiger partial charge in [0, 0.05) is 12.6 Å². The van der Waals surface area contributed by atoms with Gasteiger partial charge in [0.25, 0.3) is 0 Å². The second-order valence-electron chi connectivity index (χ2n) is 4.78. The fourth-order valence-corrected chi connectivity index (χ4v) is 2.16. The molecule has 0 aromatic carbocycles. The fourth-order valence-electron chi connectivity index (χ4n) is 2.16. The monoisotopic (exact) mass is 257 g/mol. The van der Waals surface area contributed by atoms with Crippen molar-refractivity contribution < 1.29 is 14.7 Å². The number of likely N-dealkylation sites (N-methyl/N-ethyl adjacent to an activating group) is 1. The van der Waals surface area contributed by atoms with Gasteiger partial charge in [-0.25, -0.2) is 9.59 Å². The van der Waals surface area contributed by atoms with Gasteiger partial charge in [0.1, 0.15) is 6.04 Å². The third-order valence-electron chi connectivity index (χ3n) is 3.43. The molecule has 0 aromatic rings. The van der Waals surface area contributed by atoms with Gasteiger partial charge in [0.2, 0.25) is 0 Å². The maximum atomic E-state index is 11.6. The molecule has 1 saturated heterocycles. The Morgan fingerprint density at radius 3 is 2.72 bits per heavy atom. The van der Waals surface area contributed by atoms with Gasteiger partial charge in [-0.2, -0.15) is 0 Å². The third kappa shape index (κ3) is 4.52. The molecule has 2 atom stereocenters. The highest BCUT2D eigenvalue weighted by molar-refractivity contribution is 5.82. The maximum absolute atomic E-state index is 11.6. The number of hydrogen-bond donors (Lipinski definition) is 3. The molecule has 18 heavy (non-hydrogen) atoms. The summed E-state index contributed by atoms with van der Waals surface area (Å²) in [6.45, 7) is 3.35. The van der Waals surface area contributed by atoms with Gasteiger partial charge < -0.3 is 20.6 Å². The standard InChI is InChI=1S/C12H23N3O3/c1-3-10(11(16)17)14-12(18)13-8-9-6-4-5-7-15(9)2/h9-10H,3-8H2,1-2H3,(H,16,17)(H2,13,14,18). The van der Waals surface area contributed by atoms with Gasteiger partial charge >= 0.3 is 12.0 Å². The molecule has 1 aliphatic rings. The van der Waals surface area contributed by atoms with Gasteiger partial charge in [-0.3, -0.25) is 0 Å². The molecule has 0 bridgehead atoms. The van der Waals surface area contributed by atoms with Crippen molar-refractivity contribution in [3.63, 3.8) is 0 Å². The van der Waals surface area contributed by atoms with E-state index in [9.17, 15) is 9.59 Å². The Morgan fingerprint density at radius 1 is 1.44 bits per heavy atom. The number of carboxylic acid groups (broad SMARTS) is 1. The number of carbonyl (C=O) groups is 2. The van der Waals surface area contributed by atoms with Crippen molar-refractivity contribution in [2.75, 3.05) is 20.1 Å². The molecular weight excluding hydrogens is 234 g/mol. The van der Waals surface area contributed by atoms with Crippen molar-refractivity contribution in [2.24, 2.45) is 0 Å². The Balaban J connectivity index is 2.29. The highest BCUT2D eigenvalue weighted by Gasteiger charge is 2.21. The number of aliphatic carboxylic acids is 1. The number of amides is 2. The average Bonchev–Trinajstić information content (AvgIpc) is 2.34. The number of carbonyl (C=O) groups excluding carboxylic acids is 1. The molecule has 1 heterocycles. The molecule has 0 radical (unpaired) electrons. The van der Waals surface area contributed by atoms with E-state index >= 15 is 0 Å². The summed E-state index contributed by atoms with van der Waals surface area (Å²) in [5, 5.41) is 14.0. The highest BCUT2D eigenvalue weighted by atomic mass is 16.4. The van der Waals surface area contributed by atoms with Crippen LogP contribution in [0.25, 0.3) is 0 Å². The topological polar surface area (TPSA) is 81.7 Å². The second kappa shape index (κ2) is 7.20. The van der Waals surface area contributed by atoms with Gasteiger partial charge in [-0.05, 0) is 32.9 Å². The molecule has 1 aliphatic heterocycles. The third-order valence-corrected chi connectivity index (χ3v) is 3.43. The van der Waals surface area contributed by atoms with E-state index in [1.807, 2.05) is 0 Å². The van der Waals surface area contributed by atoms with Gasteiger partial charge in [0.05, 0.1) is 0 Å². The Kier molecular flexibility index (Phi) is 5.91. The molecule has 2 unspecified atom stereocenters. The van der Waals surface area contributed by atoms with Crippen LogP contribution in [0.15, 0.2) is 0 Å². The van der Waals surface area contributed by atoms with E-state index in [1.54, 1.807) is 6.92 Å². The van der Waals surface area contributed by atoms with Crippen LogP contribution in [0.4, 0.5) is 4.79 Å². The molecule has 0 aliphatic carbocycles. The fraction of sp³-hybridized carbons (Fsp3) is 0.833. The smallest absolute Gasteiger partial charge is 0.326 e. The lowest BCUT2D eigenvalue weighted by atomic mass is 10.0. The van der Waals surface area contributed by atoms with E-state index in [4.69, 9.17) is 5.11 Å². The minimum absolute atomic E-state index is 0.356. The number of carboxylic acids is 1. The zero-order valence-corrected chi connectivity index (χ0v) is 11.1.